The standard InChI is InChI=1S/C28H25F3N2O3.C21H19F3N2O3/c1-27(2,26(34)35)18-36-23-14-12-21(13-15-23)20-8-10-22(11-9-20)25-32-24(28(29,30)31)17-33(25)16-19-6-4-3-5-7-19;1-20(2,19(27)28)12-29-16-9-7-14(8-10-16)13-3-5-15(6-4-13)18-25-11-17(26-18)21(22,23)24/h3-15,17H,16,18H2,1-2H3,(H,34,35);3-11H,12H2,1-2H3,(H,25,26)(H,27,28). The highest BCUT2D eigenvalue weighted by Crippen LogP contribution is 2.34. The summed E-state index contributed by atoms with van der Waals surface area (Å²) in [5, 5.41) is 18.3. The Morgan fingerprint density at radius 1 is 0.585 bits per heavy atom. The maximum Gasteiger partial charge on any atom is 0.434 e. The van der Waals surface area contributed by atoms with Gasteiger partial charge in [0.25, 0.3) is 0 Å². The topological polar surface area (TPSA) is 140 Å². The van der Waals surface area contributed by atoms with Crippen LogP contribution in [0.2, 0.25) is 0 Å². The van der Waals surface area contributed by atoms with Gasteiger partial charge in [-0.15, -0.1) is 0 Å². The lowest BCUT2D eigenvalue weighted by Gasteiger charge is -2.19. The summed E-state index contributed by atoms with van der Waals surface area (Å²) >= 11 is 0. The van der Waals surface area contributed by atoms with Crippen LogP contribution in [0.3, 0.4) is 0 Å². The van der Waals surface area contributed by atoms with Crippen molar-refractivity contribution in [2.45, 2.75) is 46.6 Å². The molecule has 0 unspecified atom stereocenters. The van der Waals surface area contributed by atoms with Crippen LogP contribution in [0.1, 0.15) is 44.6 Å². The van der Waals surface area contributed by atoms with Gasteiger partial charge in [0.2, 0.25) is 0 Å². The molecule has 0 amide bonds. The van der Waals surface area contributed by atoms with Gasteiger partial charge < -0.3 is 29.2 Å². The van der Waals surface area contributed by atoms with Gasteiger partial charge >= 0.3 is 24.3 Å². The second-order valence-corrected chi connectivity index (χ2v) is 16.4. The molecule has 0 aliphatic heterocycles. The van der Waals surface area contributed by atoms with Crippen LogP contribution >= 0.6 is 0 Å². The molecule has 7 aromatic rings. The molecule has 0 aliphatic carbocycles. The smallest absolute Gasteiger partial charge is 0.434 e. The first-order valence-corrected chi connectivity index (χ1v) is 20.0. The minimum atomic E-state index is -4.54. The number of hydrogen-bond donors (Lipinski definition) is 3. The minimum absolute atomic E-state index is 0.0337. The van der Waals surface area contributed by atoms with Gasteiger partial charge in [0.05, 0.1) is 17.0 Å². The number of carboxylic acid groups (broad SMARTS) is 2. The summed E-state index contributed by atoms with van der Waals surface area (Å²) in [4.78, 5) is 32.3. The highest BCUT2D eigenvalue weighted by molar-refractivity contribution is 5.74. The van der Waals surface area contributed by atoms with E-state index < -0.39 is 46.5 Å². The Bertz CT molecular complexity index is 2690. The van der Waals surface area contributed by atoms with Crippen LogP contribution in [0.5, 0.6) is 11.5 Å². The predicted octanol–water partition coefficient (Wildman–Crippen LogP) is 12.0. The molecular weight excluding hydrogens is 855 g/mol. The maximum atomic E-state index is 13.4. The largest absolute Gasteiger partial charge is 0.492 e. The van der Waals surface area contributed by atoms with Crippen molar-refractivity contribution in [3.05, 3.63) is 157 Å². The lowest BCUT2D eigenvalue weighted by molar-refractivity contribution is -0.149. The summed E-state index contributed by atoms with van der Waals surface area (Å²) in [6.07, 6.45) is -7.19. The second-order valence-electron chi connectivity index (χ2n) is 16.4. The van der Waals surface area contributed by atoms with Crippen molar-refractivity contribution in [2.24, 2.45) is 10.8 Å². The summed E-state index contributed by atoms with van der Waals surface area (Å²) < 4.78 is 90.9. The summed E-state index contributed by atoms with van der Waals surface area (Å²) in [6.45, 7) is 6.69. The number of aliphatic carboxylic acids is 2. The van der Waals surface area contributed by atoms with Crippen molar-refractivity contribution in [2.75, 3.05) is 13.2 Å². The average Bonchev–Trinajstić information content (AvgIpc) is 3.96. The number of hydrogen-bond acceptors (Lipinski definition) is 6. The third-order valence-electron chi connectivity index (χ3n) is 10.2. The van der Waals surface area contributed by atoms with Crippen LogP contribution in [-0.2, 0) is 28.5 Å². The lowest BCUT2D eigenvalue weighted by Crippen LogP contribution is -2.30. The van der Waals surface area contributed by atoms with Crippen molar-refractivity contribution in [3.8, 4) is 56.5 Å². The molecule has 5 aromatic carbocycles. The number of carboxylic acids is 2. The quantitative estimate of drug-likeness (QED) is 0.0917. The van der Waals surface area contributed by atoms with E-state index in [1.165, 1.54) is 4.57 Å². The number of ether oxygens (including phenoxy) is 2. The lowest BCUT2D eigenvalue weighted by atomic mass is 9.95. The van der Waals surface area contributed by atoms with E-state index in [1.807, 2.05) is 66.7 Å². The summed E-state index contributed by atoms with van der Waals surface area (Å²) in [6, 6.07) is 37.7. The molecule has 2 heterocycles. The predicted molar refractivity (Wildman–Crippen MR) is 232 cm³/mol. The number of aromatic nitrogens is 4. The molecule has 0 spiro atoms. The number of nitrogens with one attached hydrogen (secondary N) is 1. The van der Waals surface area contributed by atoms with Crippen LogP contribution in [0.25, 0.3) is 45.0 Å². The Morgan fingerprint density at radius 2 is 1.00 bits per heavy atom. The number of aromatic amines is 1. The fourth-order valence-electron chi connectivity index (χ4n) is 6.07. The van der Waals surface area contributed by atoms with Crippen molar-refractivity contribution in [3.63, 3.8) is 0 Å². The molecule has 0 radical (unpaired) electrons. The average molecular weight is 899 g/mol. The van der Waals surface area contributed by atoms with E-state index in [4.69, 9.17) is 14.6 Å². The Kier molecular flexibility index (Phi) is 13.9. The van der Waals surface area contributed by atoms with Gasteiger partial charge in [-0.2, -0.15) is 26.3 Å². The third kappa shape index (κ3) is 12.2. The van der Waals surface area contributed by atoms with E-state index in [2.05, 4.69) is 15.0 Å². The molecule has 338 valence electrons. The van der Waals surface area contributed by atoms with E-state index in [0.29, 0.717) is 22.6 Å². The number of halogens is 6. The zero-order valence-electron chi connectivity index (χ0n) is 35.5. The van der Waals surface area contributed by atoms with Gasteiger partial charge in [0.15, 0.2) is 5.69 Å². The van der Waals surface area contributed by atoms with E-state index in [0.717, 1.165) is 40.2 Å². The third-order valence-corrected chi connectivity index (χ3v) is 10.2. The fraction of sp³-hybridized carbons (Fsp3) is 0.224. The SMILES string of the molecule is CC(C)(COc1ccc(-c2ccc(-c3nc(C(F)(F)F)cn3Cc3ccccc3)cc2)cc1)C(=O)O.CC(C)(COc1ccc(-c2ccc(-c3ncc(C(F)(F)F)[nH]3)cc2)cc1)C(=O)O. The van der Waals surface area contributed by atoms with Gasteiger partial charge in [-0.25, -0.2) is 9.97 Å². The van der Waals surface area contributed by atoms with Crippen molar-refractivity contribution in [1.82, 2.24) is 19.5 Å². The molecule has 0 bridgehead atoms. The van der Waals surface area contributed by atoms with Crippen LogP contribution in [0.4, 0.5) is 26.3 Å². The number of benzene rings is 5. The fourth-order valence-corrected chi connectivity index (χ4v) is 6.07. The van der Waals surface area contributed by atoms with Gasteiger partial charge in [-0.3, -0.25) is 9.59 Å². The van der Waals surface area contributed by atoms with Crippen molar-refractivity contribution in [1.29, 1.82) is 0 Å². The number of H-pyrrole nitrogens is 1. The molecule has 10 nitrogen and oxygen atoms in total. The monoisotopic (exact) mass is 898 g/mol. The van der Waals surface area contributed by atoms with Crippen LogP contribution < -0.4 is 9.47 Å². The molecule has 0 saturated carbocycles. The zero-order chi connectivity index (χ0) is 47.2. The second kappa shape index (κ2) is 19.2. The highest BCUT2D eigenvalue weighted by atomic mass is 19.4. The molecule has 7 rings (SSSR count). The van der Waals surface area contributed by atoms with E-state index >= 15 is 0 Å². The summed E-state index contributed by atoms with van der Waals surface area (Å²) in [7, 11) is 0. The van der Waals surface area contributed by atoms with E-state index in [-0.39, 0.29) is 31.4 Å². The van der Waals surface area contributed by atoms with Gasteiger partial charge in [0, 0.05) is 23.9 Å². The van der Waals surface area contributed by atoms with Crippen LogP contribution in [0, 0.1) is 10.8 Å². The van der Waals surface area contributed by atoms with E-state index in [9.17, 15) is 41.0 Å². The Morgan fingerprint density at radius 3 is 1.40 bits per heavy atom. The molecule has 16 heteroatoms. The Hall–Kier alpha value is -7.36. The molecule has 0 fully saturated rings. The maximum absolute atomic E-state index is 13.4. The van der Waals surface area contributed by atoms with Crippen molar-refractivity contribution < 1.29 is 55.6 Å². The summed E-state index contributed by atoms with van der Waals surface area (Å²) in [5.41, 5.74) is 1.67. The molecule has 65 heavy (non-hydrogen) atoms. The Labute approximate surface area is 370 Å². The molecule has 2 aromatic heterocycles. The molecule has 0 atom stereocenters. The summed E-state index contributed by atoms with van der Waals surface area (Å²) in [5.74, 6) is -0.391. The van der Waals surface area contributed by atoms with Gasteiger partial charge in [-0.1, -0.05) is 103 Å². The minimum Gasteiger partial charge on any atom is -0.492 e. The first kappa shape index (κ1) is 47.1. The molecular formula is C49H44F6N4O6. The number of imidazole rings is 2. The Balaban J connectivity index is 0.000000221. The zero-order valence-corrected chi connectivity index (χ0v) is 35.5. The molecule has 0 aliphatic rings. The number of carbonyl (C=O) groups is 2. The normalized spacial score (nSPS) is 12.0. The van der Waals surface area contributed by atoms with E-state index in [1.54, 1.807) is 88.4 Å². The van der Waals surface area contributed by atoms with Gasteiger partial charge in [-0.05, 0) is 79.8 Å². The molecule has 0 saturated heterocycles. The highest BCUT2D eigenvalue weighted by Gasteiger charge is 2.35. The van der Waals surface area contributed by atoms with Crippen LogP contribution in [-0.4, -0.2) is 54.9 Å². The van der Waals surface area contributed by atoms with Crippen LogP contribution in [0.15, 0.2) is 140 Å². The first-order chi connectivity index (χ1) is 30.6. The number of alkyl halides is 6. The number of nitrogens with zero attached hydrogens (tertiary/aromatic N) is 3. The number of rotatable bonds is 14. The molecule has 3 N–H and O–H groups in total. The van der Waals surface area contributed by atoms with Gasteiger partial charge in [0.1, 0.15) is 42.1 Å². The van der Waals surface area contributed by atoms with Crippen molar-refractivity contribution >= 4 is 11.9 Å². The first-order valence-electron chi connectivity index (χ1n) is 20.0.